The zero-order chi connectivity index (χ0) is 16.9. The summed E-state index contributed by atoms with van der Waals surface area (Å²) in [6.45, 7) is 2.60. The van der Waals surface area contributed by atoms with Crippen LogP contribution in [-0.4, -0.2) is 28.0 Å². The normalized spacial score (nSPS) is 17.0. The van der Waals surface area contributed by atoms with Crippen LogP contribution in [0.3, 0.4) is 0 Å². The molecule has 5 nitrogen and oxygen atoms in total. The molecule has 24 heavy (non-hydrogen) atoms. The van der Waals surface area contributed by atoms with Crippen molar-refractivity contribution in [1.29, 1.82) is 0 Å². The predicted molar refractivity (Wildman–Crippen MR) is 93.2 cm³/mol. The van der Waals surface area contributed by atoms with Crippen LogP contribution in [0.25, 0.3) is 0 Å². The predicted octanol–water partition coefficient (Wildman–Crippen LogP) is 2.91. The van der Waals surface area contributed by atoms with E-state index in [0.29, 0.717) is 13.0 Å². The van der Waals surface area contributed by atoms with E-state index in [1.54, 1.807) is 6.20 Å². The number of hydrogen-bond acceptors (Lipinski definition) is 5. The van der Waals surface area contributed by atoms with Crippen molar-refractivity contribution in [2.45, 2.75) is 25.8 Å². The largest absolute Gasteiger partial charge is 0.493 e. The maximum atomic E-state index is 11.6. The molecule has 1 N–H and O–H groups in total. The Morgan fingerprint density at radius 1 is 1.21 bits per heavy atom. The van der Waals surface area contributed by atoms with Crippen molar-refractivity contribution >= 4 is 22.1 Å². The summed E-state index contributed by atoms with van der Waals surface area (Å²) in [4.78, 5) is 27.1. The van der Waals surface area contributed by atoms with E-state index in [2.05, 4.69) is 16.4 Å². The quantitative estimate of drug-likeness (QED) is 0.874. The molecule has 1 amide bonds. The van der Waals surface area contributed by atoms with Gasteiger partial charge in [-0.05, 0) is 42.3 Å². The lowest BCUT2D eigenvalue weighted by molar-refractivity contribution is -0.112. The van der Waals surface area contributed by atoms with E-state index >= 15 is 0 Å². The monoisotopic (exact) mass is 342 g/mol. The van der Waals surface area contributed by atoms with Crippen LogP contribution in [0.2, 0.25) is 0 Å². The molecule has 1 aromatic carbocycles. The number of ether oxygens (including phenoxy) is 1. The second kappa shape index (κ2) is 7.49. The molecule has 2 heterocycles. The lowest BCUT2D eigenvalue weighted by Crippen LogP contribution is -2.30. The van der Waals surface area contributed by atoms with Gasteiger partial charge in [-0.2, -0.15) is 0 Å². The number of aryl methyl sites for hydroxylation is 1. The van der Waals surface area contributed by atoms with Crippen LogP contribution < -0.4 is 10.1 Å². The Bertz CT molecular complexity index is 746. The van der Waals surface area contributed by atoms with Crippen LogP contribution in [0, 0.1) is 6.92 Å². The number of carbonyl (C=O) groups is 2. The molecule has 0 aliphatic carbocycles. The first-order chi connectivity index (χ1) is 11.6. The molecule has 1 aliphatic heterocycles. The molecular weight excluding hydrogens is 324 g/mol. The van der Waals surface area contributed by atoms with Crippen LogP contribution in [0.1, 0.15) is 16.8 Å². The first-order valence-electron chi connectivity index (χ1n) is 7.75. The van der Waals surface area contributed by atoms with Gasteiger partial charge in [-0.15, -0.1) is 0 Å². The first kappa shape index (κ1) is 16.5. The van der Waals surface area contributed by atoms with Gasteiger partial charge in [0.2, 0.25) is 5.12 Å². The maximum Gasteiger partial charge on any atom is 0.287 e. The number of aromatic nitrogens is 1. The number of carbonyl (C=O) groups excluding carboxylic acids is 2. The Balaban J connectivity index is 1.49. The Hall–Kier alpha value is -2.34. The van der Waals surface area contributed by atoms with Crippen molar-refractivity contribution in [2.24, 2.45) is 0 Å². The van der Waals surface area contributed by atoms with Crippen molar-refractivity contribution in [1.82, 2.24) is 10.3 Å². The molecule has 1 unspecified atom stereocenters. The number of pyridine rings is 1. The first-order valence-corrected chi connectivity index (χ1v) is 8.57. The molecule has 1 atom stereocenters. The summed E-state index contributed by atoms with van der Waals surface area (Å²) in [5.41, 5.74) is 3.19. The van der Waals surface area contributed by atoms with Crippen LogP contribution in [-0.2, 0) is 17.6 Å². The third-order valence-electron chi connectivity index (χ3n) is 3.73. The Kier molecular flexibility index (Phi) is 5.15. The number of amides is 1. The summed E-state index contributed by atoms with van der Waals surface area (Å²) < 4.78 is 5.73. The Labute approximate surface area is 144 Å². The minimum absolute atomic E-state index is 0.119. The molecule has 124 valence electrons. The third-order valence-corrected chi connectivity index (χ3v) is 4.52. The summed E-state index contributed by atoms with van der Waals surface area (Å²) in [5, 5.41) is 2.27. The summed E-state index contributed by atoms with van der Waals surface area (Å²) in [6, 6.07) is 11.2. The molecule has 3 rings (SSSR count). The highest BCUT2D eigenvalue weighted by Gasteiger charge is 2.31. The van der Waals surface area contributed by atoms with Gasteiger partial charge < -0.3 is 10.1 Å². The molecule has 1 aliphatic rings. The van der Waals surface area contributed by atoms with Crippen molar-refractivity contribution < 1.29 is 14.3 Å². The van der Waals surface area contributed by atoms with Crippen molar-refractivity contribution in [3.63, 3.8) is 0 Å². The maximum absolute atomic E-state index is 11.6. The number of benzene rings is 1. The molecule has 0 saturated carbocycles. The number of nitrogens with zero attached hydrogens (tertiary/aromatic N) is 1. The molecule has 0 bridgehead atoms. The van der Waals surface area contributed by atoms with Gasteiger partial charge in [0.25, 0.3) is 5.24 Å². The summed E-state index contributed by atoms with van der Waals surface area (Å²) >= 11 is 0.741. The fourth-order valence-corrected chi connectivity index (χ4v) is 3.16. The number of thioether (sulfide) groups is 1. The molecular formula is C18H18N2O3S. The van der Waals surface area contributed by atoms with E-state index in [1.165, 1.54) is 5.56 Å². The number of hydrogen-bond donors (Lipinski definition) is 1. The van der Waals surface area contributed by atoms with Gasteiger partial charge in [0.15, 0.2) is 0 Å². The summed E-state index contributed by atoms with van der Waals surface area (Å²) in [7, 11) is 0. The average Bonchev–Trinajstić information content (AvgIpc) is 2.87. The third kappa shape index (κ3) is 4.35. The van der Waals surface area contributed by atoms with Crippen LogP contribution in [0.4, 0.5) is 4.79 Å². The highest BCUT2D eigenvalue weighted by atomic mass is 32.2. The standard InChI is InChI=1S/C18H18N2O3S/c1-12-6-8-19-14(10-12)7-9-23-15-4-2-13(3-5-15)11-16-17(21)24-18(22)20-16/h2-6,8,10,16H,7,9,11H2,1H3,(H,20,22). The van der Waals surface area contributed by atoms with Crippen LogP contribution >= 0.6 is 11.8 Å². The van der Waals surface area contributed by atoms with Gasteiger partial charge in [0.05, 0.1) is 6.61 Å². The second-order valence-corrected chi connectivity index (χ2v) is 6.65. The molecule has 0 radical (unpaired) electrons. The minimum atomic E-state index is -0.429. The fourth-order valence-electron chi connectivity index (χ4n) is 2.49. The molecule has 1 saturated heterocycles. The molecule has 0 spiro atoms. The minimum Gasteiger partial charge on any atom is -0.493 e. The van der Waals surface area contributed by atoms with Crippen LogP contribution in [0.15, 0.2) is 42.6 Å². The van der Waals surface area contributed by atoms with E-state index in [1.807, 2.05) is 37.3 Å². The molecule has 6 heteroatoms. The van der Waals surface area contributed by atoms with Gasteiger partial charge in [0, 0.05) is 36.5 Å². The molecule has 2 aromatic rings. The van der Waals surface area contributed by atoms with Gasteiger partial charge >= 0.3 is 0 Å². The Morgan fingerprint density at radius 3 is 2.67 bits per heavy atom. The summed E-state index contributed by atoms with van der Waals surface area (Å²) in [5.74, 6) is 0.780. The molecule has 1 aromatic heterocycles. The van der Waals surface area contributed by atoms with E-state index in [4.69, 9.17) is 4.74 Å². The summed E-state index contributed by atoms with van der Waals surface area (Å²) in [6.07, 6.45) is 3.06. The highest BCUT2D eigenvalue weighted by Crippen LogP contribution is 2.20. The highest BCUT2D eigenvalue weighted by molar-refractivity contribution is 8.26. The lowest BCUT2D eigenvalue weighted by atomic mass is 10.1. The fraction of sp³-hybridized carbons (Fsp3) is 0.278. The number of nitrogens with one attached hydrogen (secondary N) is 1. The average molecular weight is 342 g/mol. The van der Waals surface area contributed by atoms with Crippen molar-refractivity contribution in [3.8, 4) is 5.75 Å². The zero-order valence-electron chi connectivity index (χ0n) is 13.3. The Morgan fingerprint density at radius 2 is 2.00 bits per heavy atom. The van der Waals surface area contributed by atoms with E-state index in [9.17, 15) is 9.59 Å². The number of rotatable bonds is 6. The van der Waals surface area contributed by atoms with Gasteiger partial charge in [-0.1, -0.05) is 12.1 Å². The van der Waals surface area contributed by atoms with Gasteiger partial charge in [0.1, 0.15) is 11.8 Å². The van der Waals surface area contributed by atoms with Crippen molar-refractivity contribution in [2.75, 3.05) is 6.61 Å². The van der Waals surface area contributed by atoms with E-state index in [0.717, 1.165) is 35.2 Å². The molecule has 1 fully saturated rings. The van der Waals surface area contributed by atoms with Crippen molar-refractivity contribution in [3.05, 3.63) is 59.4 Å². The van der Waals surface area contributed by atoms with Crippen LogP contribution in [0.5, 0.6) is 5.75 Å². The van der Waals surface area contributed by atoms with Gasteiger partial charge in [-0.25, -0.2) is 0 Å². The van der Waals surface area contributed by atoms with E-state index in [-0.39, 0.29) is 10.4 Å². The van der Waals surface area contributed by atoms with Gasteiger partial charge in [-0.3, -0.25) is 14.6 Å². The lowest BCUT2D eigenvalue weighted by Gasteiger charge is -2.10. The topological polar surface area (TPSA) is 68.3 Å². The smallest absolute Gasteiger partial charge is 0.287 e. The second-order valence-electron chi connectivity index (χ2n) is 5.68. The zero-order valence-corrected chi connectivity index (χ0v) is 14.1. The SMILES string of the molecule is Cc1ccnc(CCOc2ccc(CC3NC(=O)SC3=O)cc2)c1. The van der Waals surface area contributed by atoms with E-state index < -0.39 is 6.04 Å².